The maximum Gasteiger partial charge on any atom is 0.0249 e. The molecule has 1 N–H and O–H groups in total. The summed E-state index contributed by atoms with van der Waals surface area (Å²) in [6, 6.07) is 1.38. The van der Waals surface area contributed by atoms with Crippen molar-refractivity contribution >= 4 is 10.8 Å². The molecule has 2 nitrogen and oxygen atoms in total. The third kappa shape index (κ3) is 3.28. The van der Waals surface area contributed by atoms with Crippen molar-refractivity contribution in [1.29, 1.82) is 0 Å². The molecular formula is C12H23NOS. The average Bonchev–Trinajstić information content (AvgIpc) is 2.25. The van der Waals surface area contributed by atoms with Gasteiger partial charge in [0, 0.05) is 34.4 Å². The minimum atomic E-state index is -0.516. The predicted octanol–water partition coefficient (Wildman–Crippen LogP) is 2.07. The highest BCUT2D eigenvalue weighted by atomic mass is 32.2. The second-order valence-electron chi connectivity index (χ2n) is 5.16. The van der Waals surface area contributed by atoms with Gasteiger partial charge in [0.15, 0.2) is 0 Å². The van der Waals surface area contributed by atoms with Crippen LogP contribution in [0, 0.1) is 5.92 Å². The molecule has 0 aromatic rings. The molecule has 88 valence electrons. The third-order valence-corrected chi connectivity index (χ3v) is 5.33. The summed E-state index contributed by atoms with van der Waals surface area (Å²) in [6.07, 6.45) is 7.78. The van der Waals surface area contributed by atoms with Gasteiger partial charge in [-0.2, -0.15) is 0 Å². The van der Waals surface area contributed by atoms with Crippen molar-refractivity contribution in [3.8, 4) is 0 Å². The van der Waals surface area contributed by atoms with Gasteiger partial charge < -0.3 is 5.32 Å². The van der Waals surface area contributed by atoms with Crippen LogP contribution in [-0.2, 0) is 10.8 Å². The average molecular weight is 229 g/mol. The first-order valence-corrected chi connectivity index (χ1v) is 7.85. The van der Waals surface area contributed by atoms with E-state index in [4.69, 9.17) is 0 Å². The van der Waals surface area contributed by atoms with Gasteiger partial charge in [-0.25, -0.2) is 0 Å². The molecule has 0 aromatic carbocycles. The summed E-state index contributed by atoms with van der Waals surface area (Å²) in [5.74, 6) is 2.67. The van der Waals surface area contributed by atoms with Crippen LogP contribution in [-0.4, -0.2) is 27.8 Å². The Labute approximate surface area is 95.7 Å². The standard InChI is InChI=1S/C12H23NOS/c1-10-4-2-3-5-12(10)13-11-6-8-15(14)9-7-11/h10-13H,2-9H2,1H3. The molecule has 1 aliphatic heterocycles. The van der Waals surface area contributed by atoms with Crippen LogP contribution in [0.1, 0.15) is 45.4 Å². The lowest BCUT2D eigenvalue weighted by molar-refractivity contribution is 0.252. The van der Waals surface area contributed by atoms with E-state index in [1.807, 2.05) is 0 Å². The molecule has 0 bridgehead atoms. The van der Waals surface area contributed by atoms with Crippen LogP contribution in [0.15, 0.2) is 0 Å². The van der Waals surface area contributed by atoms with Crippen LogP contribution in [0.3, 0.4) is 0 Å². The van der Waals surface area contributed by atoms with E-state index in [2.05, 4.69) is 12.2 Å². The fourth-order valence-corrected chi connectivity index (χ4v) is 4.13. The molecule has 3 heteroatoms. The normalized spacial score (nSPS) is 42.7. The summed E-state index contributed by atoms with van der Waals surface area (Å²) in [4.78, 5) is 0. The summed E-state index contributed by atoms with van der Waals surface area (Å²) in [5, 5.41) is 3.79. The Bertz CT molecular complexity index is 222. The Morgan fingerprint density at radius 1 is 1.07 bits per heavy atom. The zero-order chi connectivity index (χ0) is 10.7. The van der Waals surface area contributed by atoms with Gasteiger partial charge >= 0.3 is 0 Å². The zero-order valence-corrected chi connectivity index (χ0v) is 10.5. The monoisotopic (exact) mass is 229 g/mol. The lowest BCUT2D eigenvalue weighted by Gasteiger charge is -2.34. The summed E-state index contributed by atoms with van der Waals surface area (Å²) in [7, 11) is -0.516. The fraction of sp³-hybridized carbons (Fsp3) is 1.00. The summed E-state index contributed by atoms with van der Waals surface area (Å²) in [6.45, 7) is 2.37. The van der Waals surface area contributed by atoms with Crippen LogP contribution >= 0.6 is 0 Å². The van der Waals surface area contributed by atoms with E-state index in [0.29, 0.717) is 6.04 Å². The fourth-order valence-electron chi connectivity index (χ4n) is 2.83. The number of nitrogens with one attached hydrogen (secondary N) is 1. The summed E-state index contributed by atoms with van der Waals surface area (Å²) >= 11 is 0. The molecule has 0 aromatic heterocycles. The van der Waals surface area contributed by atoms with Crippen molar-refractivity contribution in [3.63, 3.8) is 0 Å². The summed E-state index contributed by atoms with van der Waals surface area (Å²) < 4.78 is 11.2. The SMILES string of the molecule is CC1CCCCC1NC1CCS(=O)CC1. The lowest BCUT2D eigenvalue weighted by Crippen LogP contribution is -2.46. The first-order valence-electron chi connectivity index (χ1n) is 6.37. The highest BCUT2D eigenvalue weighted by Crippen LogP contribution is 2.25. The quantitative estimate of drug-likeness (QED) is 0.785. The lowest BCUT2D eigenvalue weighted by atomic mass is 9.85. The van der Waals surface area contributed by atoms with Crippen LogP contribution in [0.4, 0.5) is 0 Å². The van der Waals surface area contributed by atoms with E-state index in [9.17, 15) is 4.21 Å². The minimum absolute atomic E-state index is 0.516. The Hall–Kier alpha value is 0.110. The number of rotatable bonds is 2. The molecule has 2 unspecified atom stereocenters. The van der Waals surface area contributed by atoms with Gasteiger partial charge in [-0.3, -0.25) is 4.21 Å². The predicted molar refractivity (Wildman–Crippen MR) is 65.5 cm³/mol. The number of hydrogen-bond donors (Lipinski definition) is 1. The van der Waals surface area contributed by atoms with E-state index in [0.717, 1.165) is 36.3 Å². The van der Waals surface area contributed by atoms with Gasteiger partial charge in [0.1, 0.15) is 0 Å². The summed E-state index contributed by atoms with van der Waals surface area (Å²) in [5.41, 5.74) is 0. The van der Waals surface area contributed by atoms with Crippen molar-refractivity contribution < 1.29 is 4.21 Å². The van der Waals surface area contributed by atoms with Crippen LogP contribution < -0.4 is 5.32 Å². The van der Waals surface area contributed by atoms with Crippen molar-refractivity contribution in [2.24, 2.45) is 5.92 Å². The molecule has 0 radical (unpaired) electrons. The van der Waals surface area contributed by atoms with Crippen LogP contribution in [0.5, 0.6) is 0 Å². The first kappa shape index (κ1) is 11.6. The Morgan fingerprint density at radius 3 is 2.40 bits per heavy atom. The molecule has 1 heterocycles. The van der Waals surface area contributed by atoms with E-state index < -0.39 is 10.8 Å². The molecule has 2 rings (SSSR count). The van der Waals surface area contributed by atoms with E-state index >= 15 is 0 Å². The molecule has 2 atom stereocenters. The van der Waals surface area contributed by atoms with Gasteiger partial charge in [0.05, 0.1) is 0 Å². The topological polar surface area (TPSA) is 29.1 Å². The van der Waals surface area contributed by atoms with Crippen LogP contribution in [0.25, 0.3) is 0 Å². The molecule has 1 saturated carbocycles. The van der Waals surface area contributed by atoms with Crippen molar-refractivity contribution in [2.75, 3.05) is 11.5 Å². The maximum absolute atomic E-state index is 11.2. The van der Waals surface area contributed by atoms with Gasteiger partial charge in [-0.1, -0.05) is 19.8 Å². The molecule has 2 aliphatic rings. The molecular weight excluding hydrogens is 206 g/mol. The second kappa shape index (κ2) is 5.44. The van der Waals surface area contributed by atoms with E-state index in [-0.39, 0.29) is 0 Å². The Kier molecular flexibility index (Phi) is 4.21. The van der Waals surface area contributed by atoms with Crippen molar-refractivity contribution in [2.45, 2.75) is 57.5 Å². The van der Waals surface area contributed by atoms with Gasteiger partial charge in [0.2, 0.25) is 0 Å². The Morgan fingerprint density at radius 2 is 1.73 bits per heavy atom. The van der Waals surface area contributed by atoms with Crippen molar-refractivity contribution in [3.05, 3.63) is 0 Å². The number of hydrogen-bond acceptors (Lipinski definition) is 2. The van der Waals surface area contributed by atoms with Gasteiger partial charge in [-0.15, -0.1) is 0 Å². The third-order valence-electron chi connectivity index (χ3n) is 3.95. The molecule has 1 saturated heterocycles. The van der Waals surface area contributed by atoms with Crippen molar-refractivity contribution in [1.82, 2.24) is 5.32 Å². The smallest absolute Gasteiger partial charge is 0.0249 e. The molecule has 15 heavy (non-hydrogen) atoms. The van der Waals surface area contributed by atoms with Gasteiger partial charge in [0.25, 0.3) is 0 Å². The van der Waals surface area contributed by atoms with E-state index in [1.165, 1.54) is 25.7 Å². The maximum atomic E-state index is 11.2. The highest BCUT2D eigenvalue weighted by Gasteiger charge is 2.25. The zero-order valence-electron chi connectivity index (χ0n) is 9.71. The minimum Gasteiger partial charge on any atom is -0.311 e. The second-order valence-corrected chi connectivity index (χ2v) is 6.85. The Balaban J connectivity index is 1.78. The first-order chi connectivity index (χ1) is 7.25. The molecule has 0 spiro atoms. The molecule has 1 aliphatic carbocycles. The van der Waals surface area contributed by atoms with E-state index in [1.54, 1.807) is 0 Å². The largest absolute Gasteiger partial charge is 0.311 e. The van der Waals surface area contributed by atoms with Gasteiger partial charge in [-0.05, 0) is 31.6 Å². The highest BCUT2D eigenvalue weighted by molar-refractivity contribution is 7.85. The molecule has 2 fully saturated rings. The molecule has 0 amide bonds. The van der Waals surface area contributed by atoms with Crippen LogP contribution in [0.2, 0.25) is 0 Å².